The predicted octanol–water partition coefficient (Wildman–Crippen LogP) is 4.13. The number of rotatable bonds is 4. The van der Waals surface area contributed by atoms with Crippen molar-refractivity contribution in [1.29, 1.82) is 0 Å². The summed E-state index contributed by atoms with van der Waals surface area (Å²) in [6.07, 6.45) is 2.60. The first-order valence-corrected chi connectivity index (χ1v) is 9.99. The highest BCUT2D eigenvalue weighted by Crippen LogP contribution is 2.40. The molecule has 0 radical (unpaired) electrons. The third-order valence-corrected chi connectivity index (χ3v) is 7.57. The van der Waals surface area contributed by atoms with Crippen LogP contribution in [0, 0.1) is 0 Å². The van der Waals surface area contributed by atoms with Crippen LogP contribution in [0.15, 0.2) is 28.7 Å². The Hall–Kier alpha value is 0.360. The van der Waals surface area contributed by atoms with E-state index < -0.39 is 0 Å². The monoisotopic (exact) mass is 357 g/mol. The smallest absolute Gasteiger partial charge is 0.0263 e. The Morgan fingerprint density at radius 1 is 1.21 bits per heavy atom. The summed E-state index contributed by atoms with van der Waals surface area (Å²) in [5.41, 5.74) is 1.49. The fourth-order valence-electron chi connectivity index (χ4n) is 2.80. The largest absolute Gasteiger partial charge is 0.313 e. The van der Waals surface area contributed by atoms with E-state index in [1.54, 1.807) is 0 Å². The Morgan fingerprint density at radius 2 is 2.05 bits per heavy atom. The summed E-state index contributed by atoms with van der Waals surface area (Å²) in [5.74, 6) is 4.76. The molecule has 104 valence electrons. The van der Waals surface area contributed by atoms with Crippen molar-refractivity contribution in [2.24, 2.45) is 0 Å². The van der Waals surface area contributed by atoms with E-state index in [9.17, 15) is 0 Å². The lowest BCUT2D eigenvalue weighted by atomic mass is 9.76. The molecule has 1 heterocycles. The summed E-state index contributed by atoms with van der Waals surface area (Å²) in [5, 5.41) is 4.59. The second-order valence-electron chi connectivity index (χ2n) is 5.36. The zero-order valence-corrected chi connectivity index (χ0v) is 14.2. The van der Waals surface area contributed by atoms with Crippen molar-refractivity contribution in [2.45, 2.75) is 30.1 Å². The van der Waals surface area contributed by atoms with Gasteiger partial charge in [-0.3, -0.25) is 0 Å². The van der Waals surface area contributed by atoms with Gasteiger partial charge in [-0.15, -0.1) is 0 Å². The van der Waals surface area contributed by atoms with Crippen molar-refractivity contribution in [1.82, 2.24) is 5.32 Å². The van der Waals surface area contributed by atoms with Crippen molar-refractivity contribution >= 4 is 39.5 Å². The van der Waals surface area contributed by atoms with Gasteiger partial charge in [0, 0.05) is 39.6 Å². The van der Waals surface area contributed by atoms with Gasteiger partial charge in [-0.05, 0) is 30.4 Å². The number of halogens is 1. The first-order valence-electron chi connectivity index (χ1n) is 7.00. The minimum atomic E-state index is 0.740. The van der Waals surface area contributed by atoms with Crippen LogP contribution < -0.4 is 5.32 Å². The molecule has 19 heavy (non-hydrogen) atoms. The zero-order chi connectivity index (χ0) is 13.1. The lowest BCUT2D eigenvalue weighted by Crippen LogP contribution is -2.43. The maximum absolute atomic E-state index is 3.76. The molecule has 1 saturated carbocycles. The standard InChI is InChI=1S/C15H20BrNS2/c16-15-4-2-1-3-14(15)11-7-12(8-11)17-9-13-10-18-5-6-19-13/h1-4,11-13,17H,5-10H2. The maximum Gasteiger partial charge on any atom is 0.0263 e. The Kier molecular flexibility index (Phi) is 5.18. The second-order valence-corrected chi connectivity index (χ2v) is 8.78. The number of hydrogen-bond acceptors (Lipinski definition) is 3. The molecule has 0 spiro atoms. The SMILES string of the molecule is Brc1ccccc1C1CC(NCC2CSCCS2)C1. The van der Waals surface area contributed by atoms with Crippen LogP contribution in [-0.4, -0.2) is 35.1 Å². The highest BCUT2D eigenvalue weighted by Gasteiger charge is 2.31. The molecule has 1 atom stereocenters. The van der Waals surface area contributed by atoms with Gasteiger partial charge in [-0.25, -0.2) is 0 Å². The van der Waals surface area contributed by atoms with E-state index >= 15 is 0 Å². The van der Waals surface area contributed by atoms with Crippen LogP contribution in [0.3, 0.4) is 0 Å². The lowest BCUT2D eigenvalue weighted by molar-refractivity contribution is 0.292. The van der Waals surface area contributed by atoms with E-state index in [0.29, 0.717) is 0 Å². The summed E-state index contributed by atoms with van der Waals surface area (Å²) in [4.78, 5) is 0. The van der Waals surface area contributed by atoms with Gasteiger partial charge < -0.3 is 5.32 Å². The Morgan fingerprint density at radius 3 is 2.79 bits per heavy atom. The average molecular weight is 358 g/mol. The number of nitrogens with one attached hydrogen (secondary N) is 1. The van der Waals surface area contributed by atoms with Crippen molar-refractivity contribution in [3.05, 3.63) is 34.3 Å². The molecule has 0 aromatic heterocycles. The molecule has 3 rings (SSSR count). The second kappa shape index (κ2) is 6.88. The van der Waals surface area contributed by atoms with E-state index in [-0.39, 0.29) is 0 Å². The van der Waals surface area contributed by atoms with Crippen molar-refractivity contribution in [3.63, 3.8) is 0 Å². The molecule has 4 heteroatoms. The normalized spacial score (nSPS) is 30.9. The van der Waals surface area contributed by atoms with Gasteiger partial charge in [-0.2, -0.15) is 23.5 Å². The zero-order valence-electron chi connectivity index (χ0n) is 11.0. The summed E-state index contributed by atoms with van der Waals surface area (Å²) in [7, 11) is 0. The van der Waals surface area contributed by atoms with Crippen LogP contribution in [0.1, 0.15) is 24.3 Å². The fourth-order valence-corrected chi connectivity index (χ4v) is 6.03. The number of hydrogen-bond donors (Lipinski definition) is 1. The maximum atomic E-state index is 3.76. The molecule has 2 fully saturated rings. The van der Waals surface area contributed by atoms with E-state index in [1.165, 1.54) is 46.7 Å². The summed E-state index contributed by atoms with van der Waals surface area (Å²) >= 11 is 7.93. The molecule has 1 aliphatic carbocycles. The molecule has 2 aliphatic rings. The van der Waals surface area contributed by atoms with Crippen LogP contribution in [0.25, 0.3) is 0 Å². The van der Waals surface area contributed by atoms with E-state index in [0.717, 1.165) is 17.2 Å². The van der Waals surface area contributed by atoms with Crippen LogP contribution in [0.2, 0.25) is 0 Å². The van der Waals surface area contributed by atoms with Gasteiger partial charge in [0.1, 0.15) is 0 Å². The Bertz CT molecular complexity index is 414. The van der Waals surface area contributed by atoms with Gasteiger partial charge in [0.25, 0.3) is 0 Å². The third-order valence-electron chi connectivity index (χ3n) is 4.00. The van der Waals surface area contributed by atoms with Gasteiger partial charge in [0.2, 0.25) is 0 Å². The molecular weight excluding hydrogens is 338 g/mol. The topological polar surface area (TPSA) is 12.0 Å². The first-order chi connectivity index (χ1) is 9.33. The lowest BCUT2D eigenvalue weighted by Gasteiger charge is -2.38. The molecule has 1 aromatic rings. The van der Waals surface area contributed by atoms with Crippen LogP contribution in [0.5, 0.6) is 0 Å². The van der Waals surface area contributed by atoms with Crippen molar-refractivity contribution in [2.75, 3.05) is 23.8 Å². The third kappa shape index (κ3) is 3.72. The van der Waals surface area contributed by atoms with Crippen LogP contribution in [0.4, 0.5) is 0 Å². The summed E-state index contributed by atoms with van der Waals surface area (Å²) in [6, 6.07) is 9.41. The van der Waals surface area contributed by atoms with Gasteiger partial charge in [0.05, 0.1) is 0 Å². The highest BCUT2D eigenvalue weighted by molar-refractivity contribution is 9.10. The number of benzene rings is 1. The van der Waals surface area contributed by atoms with Crippen LogP contribution >= 0.6 is 39.5 Å². The van der Waals surface area contributed by atoms with Crippen molar-refractivity contribution < 1.29 is 0 Å². The van der Waals surface area contributed by atoms with E-state index in [4.69, 9.17) is 0 Å². The van der Waals surface area contributed by atoms with Crippen molar-refractivity contribution in [3.8, 4) is 0 Å². The minimum absolute atomic E-state index is 0.740. The van der Waals surface area contributed by atoms with Gasteiger partial charge in [0.15, 0.2) is 0 Å². The van der Waals surface area contributed by atoms with E-state index in [1.807, 2.05) is 0 Å². The summed E-state index contributed by atoms with van der Waals surface area (Å²) in [6.45, 7) is 1.20. The summed E-state index contributed by atoms with van der Waals surface area (Å²) < 4.78 is 1.28. The molecule has 0 amide bonds. The van der Waals surface area contributed by atoms with E-state index in [2.05, 4.69) is 69.0 Å². The molecule has 1 aliphatic heterocycles. The molecule has 1 saturated heterocycles. The minimum Gasteiger partial charge on any atom is -0.313 e. The van der Waals surface area contributed by atoms with Gasteiger partial charge in [-0.1, -0.05) is 34.1 Å². The Labute approximate surface area is 132 Å². The molecule has 1 N–H and O–H groups in total. The van der Waals surface area contributed by atoms with Gasteiger partial charge >= 0.3 is 0 Å². The molecule has 1 aromatic carbocycles. The molecule has 1 unspecified atom stereocenters. The number of thioether (sulfide) groups is 2. The average Bonchev–Trinajstić information content (AvgIpc) is 2.40. The quantitative estimate of drug-likeness (QED) is 0.869. The predicted molar refractivity (Wildman–Crippen MR) is 91.5 cm³/mol. The molecular formula is C15H20BrNS2. The fraction of sp³-hybridized carbons (Fsp3) is 0.600. The van der Waals surface area contributed by atoms with Crippen LogP contribution in [-0.2, 0) is 0 Å². The Balaban J connectivity index is 1.42. The molecule has 1 nitrogen and oxygen atoms in total. The highest BCUT2D eigenvalue weighted by atomic mass is 79.9. The molecule has 0 bridgehead atoms. The first kappa shape index (κ1) is 14.3.